The zero-order valence-electron chi connectivity index (χ0n) is 14.3. The Balaban J connectivity index is 1.78. The van der Waals surface area contributed by atoms with Gasteiger partial charge >= 0.3 is 5.69 Å². The van der Waals surface area contributed by atoms with Crippen molar-refractivity contribution in [3.63, 3.8) is 0 Å². The summed E-state index contributed by atoms with van der Waals surface area (Å²) in [7, 11) is 0. The lowest BCUT2D eigenvalue weighted by Gasteiger charge is -2.16. The molecule has 0 saturated carbocycles. The third kappa shape index (κ3) is 4.06. The quantitative estimate of drug-likeness (QED) is 0.668. The average molecular weight is 371 g/mol. The van der Waals surface area contributed by atoms with Crippen LogP contribution in [0.25, 0.3) is 0 Å². The fourth-order valence-electron chi connectivity index (χ4n) is 2.73. The predicted octanol–water partition coefficient (Wildman–Crippen LogP) is 3.35. The molecule has 0 N–H and O–H groups in total. The van der Waals surface area contributed by atoms with Crippen molar-refractivity contribution in [2.45, 2.75) is 19.5 Å². The van der Waals surface area contributed by atoms with Gasteiger partial charge in [0.25, 0.3) is 5.56 Å². The molecule has 0 radical (unpaired) electrons. The van der Waals surface area contributed by atoms with E-state index in [1.165, 1.54) is 21.4 Å². The number of benzene rings is 2. The van der Waals surface area contributed by atoms with Gasteiger partial charge in [-0.2, -0.15) is 0 Å². The van der Waals surface area contributed by atoms with E-state index in [2.05, 4.69) is 0 Å². The van der Waals surface area contributed by atoms with Crippen LogP contribution in [0.3, 0.4) is 0 Å². The molecule has 0 aliphatic heterocycles. The van der Waals surface area contributed by atoms with Crippen molar-refractivity contribution in [3.05, 3.63) is 98.3 Å². The molecule has 1 unspecified atom stereocenters. The smallest absolute Gasteiger partial charge is 0.331 e. The van der Waals surface area contributed by atoms with E-state index in [4.69, 9.17) is 16.3 Å². The zero-order chi connectivity index (χ0) is 18.5. The van der Waals surface area contributed by atoms with E-state index in [1.807, 2.05) is 37.3 Å². The van der Waals surface area contributed by atoms with Crippen LogP contribution in [-0.4, -0.2) is 15.7 Å². The van der Waals surface area contributed by atoms with E-state index in [0.717, 1.165) is 5.56 Å². The van der Waals surface area contributed by atoms with Crippen LogP contribution in [0.4, 0.5) is 0 Å². The summed E-state index contributed by atoms with van der Waals surface area (Å²) in [6, 6.07) is 17.6. The van der Waals surface area contributed by atoms with Crippen molar-refractivity contribution >= 4 is 11.6 Å². The van der Waals surface area contributed by atoms with Gasteiger partial charge < -0.3 is 4.74 Å². The van der Waals surface area contributed by atoms with Crippen molar-refractivity contribution < 1.29 is 4.74 Å². The average Bonchev–Trinajstić information content (AvgIpc) is 2.66. The van der Waals surface area contributed by atoms with E-state index < -0.39 is 0 Å². The molecule has 0 spiro atoms. The van der Waals surface area contributed by atoms with E-state index in [-0.39, 0.29) is 17.3 Å². The first-order chi connectivity index (χ1) is 12.6. The maximum Gasteiger partial charge on any atom is 0.331 e. The minimum atomic E-state index is -0.353. The van der Waals surface area contributed by atoms with E-state index >= 15 is 0 Å². The Morgan fingerprint density at radius 3 is 2.38 bits per heavy atom. The Bertz CT molecular complexity index is 978. The molecular formula is C20H19ClN2O3. The molecule has 1 atom stereocenters. The van der Waals surface area contributed by atoms with E-state index in [0.29, 0.717) is 23.9 Å². The summed E-state index contributed by atoms with van der Waals surface area (Å²) in [5.41, 5.74) is 0.233. The molecule has 5 nitrogen and oxygen atoms in total. The zero-order valence-corrected chi connectivity index (χ0v) is 15.1. The lowest BCUT2D eigenvalue weighted by Crippen LogP contribution is -2.41. The topological polar surface area (TPSA) is 53.2 Å². The molecule has 0 bridgehead atoms. The number of aromatic nitrogens is 2. The molecule has 0 fully saturated rings. The number of halogens is 1. The summed E-state index contributed by atoms with van der Waals surface area (Å²) in [6.45, 7) is 2.48. The molecule has 134 valence electrons. The number of rotatable bonds is 6. The molecule has 3 aromatic rings. The van der Waals surface area contributed by atoms with Crippen LogP contribution >= 0.6 is 11.6 Å². The van der Waals surface area contributed by atoms with Crippen LogP contribution in [0.2, 0.25) is 5.02 Å². The summed E-state index contributed by atoms with van der Waals surface area (Å²) in [5.74, 6) is 0.674. The van der Waals surface area contributed by atoms with E-state index in [1.54, 1.807) is 24.3 Å². The van der Waals surface area contributed by atoms with Crippen LogP contribution in [0, 0.1) is 0 Å². The number of ether oxygens (including phenoxy) is 1. The molecule has 0 aliphatic rings. The van der Waals surface area contributed by atoms with Gasteiger partial charge in [-0.25, -0.2) is 4.79 Å². The molecule has 1 aromatic heterocycles. The molecule has 0 amide bonds. The van der Waals surface area contributed by atoms with Crippen molar-refractivity contribution in [2.75, 3.05) is 6.61 Å². The molecule has 0 saturated heterocycles. The van der Waals surface area contributed by atoms with Crippen molar-refractivity contribution in [3.8, 4) is 5.75 Å². The van der Waals surface area contributed by atoms with Gasteiger partial charge in [0.2, 0.25) is 0 Å². The van der Waals surface area contributed by atoms with Crippen molar-refractivity contribution in [2.24, 2.45) is 0 Å². The molecule has 0 aliphatic carbocycles. The van der Waals surface area contributed by atoms with Gasteiger partial charge in [0, 0.05) is 17.3 Å². The summed E-state index contributed by atoms with van der Waals surface area (Å²) in [6.07, 6.45) is 1.50. The Morgan fingerprint density at radius 2 is 1.69 bits per heavy atom. The van der Waals surface area contributed by atoms with Gasteiger partial charge in [0.05, 0.1) is 12.6 Å². The minimum Gasteiger partial charge on any atom is -0.492 e. The van der Waals surface area contributed by atoms with Gasteiger partial charge in [-0.3, -0.25) is 13.9 Å². The second kappa shape index (κ2) is 8.06. The predicted molar refractivity (Wildman–Crippen MR) is 102 cm³/mol. The second-order valence-electron chi connectivity index (χ2n) is 5.89. The van der Waals surface area contributed by atoms with Gasteiger partial charge in [-0.15, -0.1) is 0 Å². The SMILES string of the molecule is CC(c1ccccc1)n1c(=O)ccn(CCOc2ccc(Cl)cc2)c1=O. The van der Waals surface area contributed by atoms with Crippen LogP contribution in [0.5, 0.6) is 5.75 Å². The highest BCUT2D eigenvalue weighted by Gasteiger charge is 2.14. The standard InChI is InChI=1S/C20H19ClN2O3/c1-15(16-5-3-2-4-6-16)23-19(24)11-12-22(20(23)25)13-14-26-18-9-7-17(21)8-10-18/h2-12,15H,13-14H2,1H3. The van der Waals surface area contributed by atoms with Gasteiger partial charge in [-0.05, 0) is 36.8 Å². The lowest BCUT2D eigenvalue weighted by atomic mass is 10.1. The minimum absolute atomic E-state index is 0.305. The van der Waals surface area contributed by atoms with Crippen LogP contribution in [0.15, 0.2) is 76.4 Å². The third-order valence-corrected chi connectivity index (χ3v) is 4.42. The summed E-state index contributed by atoms with van der Waals surface area (Å²) < 4.78 is 8.37. The first-order valence-corrected chi connectivity index (χ1v) is 8.69. The Labute approximate surface area is 156 Å². The van der Waals surface area contributed by atoms with Crippen LogP contribution in [0.1, 0.15) is 18.5 Å². The summed E-state index contributed by atoms with van der Waals surface area (Å²) >= 11 is 5.84. The first kappa shape index (κ1) is 18.0. The molecular weight excluding hydrogens is 352 g/mol. The van der Waals surface area contributed by atoms with Gasteiger partial charge in [0.1, 0.15) is 12.4 Å². The van der Waals surface area contributed by atoms with Crippen molar-refractivity contribution in [1.29, 1.82) is 0 Å². The van der Waals surface area contributed by atoms with Gasteiger partial charge in [0.15, 0.2) is 0 Å². The monoisotopic (exact) mass is 370 g/mol. The molecule has 1 heterocycles. The molecule has 26 heavy (non-hydrogen) atoms. The maximum atomic E-state index is 12.7. The molecule has 6 heteroatoms. The summed E-state index contributed by atoms with van der Waals surface area (Å²) in [4.78, 5) is 25.0. The second-order valence-corrected chi connectivity index (χ2v) is 6.33. The number of hydrogen-bond acceptors (Lipinski definition) is 3. The van der Waals surface area contributed by atoms with E-state index in [9.17, 15) is 9.59 Å². The Hall–Kier alpha value is -2.79. The maximum absolute atomic E-state index is 12.7. The Morgan fingerprint density at radius 1 is 1.00 bits per heavy atom. The highest BCUT2D eigenvalue weighted by molar-refractivity contribution is 6.30. The lowest BCUT2D eigenvalue weighted by molar-refractivity contribution is 0.292. The fraction of sp³-hybridized carbons (Fsp3) is 0.200. The molecule has 2 aromatic carbocycles. The highest BCUT2D eigenvalue weighted by Crippen LogP contribution is 2.15. The third-order valence-electron chi connectivity index (χ3n) is 4.17. The van der Waals surface area contributed by atoms with Crippen LogP contribution in [-0.2, 0) is 6.54 Å². The van der Waals surface area contributed by atoms with Crippen molar-refractivity contribution in [1.82, 2.24) is 9.13 Å². The number of nitrogens with zero attached hydrogens (tertiary/aromatic N) is 2. The highest BCUT2D eigenvalue weighted by atomic mass is 35.5. The normalized spacial score (nSPS) is 11.9. The summed E-state index contributed by atoms with van der Waals surface area (Å²) in [5, 5.41) is 0.635. The largest absolute Gasteiger partial charge is 0.492 e. The molecule has 3 rings (SSSR count). The Kier molecular flexibility index (Phi) is 5.58. The fourth-order valence-corrected chi connectivity index (χ4v) is 2.86. The first-order valence-electron chi connectivity index (χ1n) is 8.31. The van der Waals surface area contributed by atoms with Crippen LogP contribution < -0.4 is 16.0 Å². The number of hydrogen-bond donors (Lipinski definition) is 0. The van der Waals surface area contributed by atoms with Gasteiger partial charge in [-0.1, -0.05) is 41.9 Å².